The molecule has 0 aliphatic heterocycles. The minimum Gasteiger partial charge on any atom is -0.484 e. The third-order valence-corrected chi connectivity index (χ3v) is 8.09. The molecule has 0 spiro atoms. The molecule has 0 aromatic heterocycles. The molecular formula is C30H34Br2N2O3. The van der Waals surface area contributed by atoms with Crippen LogP contribution in [0.4, 0.5) is 0 Å². The Balaban J connectivity index is 1.92. The van der Waals surface area contributed by atoms with Gasteiger partial charge in [0.25, 0.3) is 5.91 Å². The zero-order chi connectivity index (χ0) is 26.9. The average Bonchev–Trinajstić information content (AvgIpc) is 2.89. The normalized spacial score (nSPS) is 12.5. The van der Waals surface area contributed by atoms with Gasteiger partial charge in [-0.05, 0) is 73.7 Å². The lowest BCUT2D eigenvalue weighted by atomic mass is 10.0. The first-order chi connectivity index (χ1) is 17.7. The van der Waals surface area contributed by atoms with Crippen LogP contribution in [0.15, 0.2) is 75.7 Å². The van der Waals surface area contributed by atoms with Crippen molar-refractivity contribution in [3.63, 3.8) is 0 Å². The predicted octanol–water partition coefficient (Wildman–Crippen LogP) is 6.76. The van der Waals surface area contributed by atoms with Crippen LogP contribution in [-0.4, -0.2) is 35.4 Å². The number of aryl methyl sites for hydroxylation is 2. The van der Waals surface area contributed by atoms with Gasteiger partial charge >= 0.3 is 0 Å². The van der Waals surface area contributed by atoms with E-state index < -0.39 is 6.04 Å². The molecule has 0 aliphatic carbocycles. The zero-order valence-corrected chi connectivity index (χ0v) is 24.9. The summed E-state index contributed by atoms with van der Waals surface area (Å²) in [6, 6.07) is 20.7. The van der Waals surface area contributed by atoms with Gasteiger partial charge in [0, 0.05) is 28.0 Å². The van der Waals surface area contributed by atoms with Crippen LogP contribution in [0, 0.1) is 13.8 Å². The van der Waals surface area contributed by atoms with Crippen LogP contribution in [0.25, 0.3) is 0 Å². The van der Waals surface area contributed by atoms with E-state index >= 15 is 0 Å². The highest BCUT2D eigenvalue weighted by Crippen LogP contribution is 2.26. The number of nitrogens with zero attached hydrogens (tertiary/aromatic N) is 1. The molecular weight excluding hydrogens is 596 g/mol. The van der Waals surface area contributed by atoms with Crippen LogP contribution in [0.1, 0.15) is 42.5 Å². The van der Waals surface area contributed by atoms with Crippen LogP contribution in [0.2, 0.25) is 0 Å². The summed E-state index contributed by atoms with van der Waals surface area (Å²) in [6.07, 6.45) is 1.21. The predicted molar refractivity (Wildman–Crippen MR) is 156 cm³/mol. The van der Waals surface area contributed by atoms with Crippen molar-refractivity contribution in [3.05, 3.63) is 97.9 Å². The van der Waals surface area contributed by atoms with Crippen molar-refractivity contribution in [1.29, 1.82) is 0 Å². The maximum Gasteiger partial charge on any atom is 0.261 e. The molecule has 0 saturated heterocycles. The molecule has 1 N–H and O–H groups in total. The molecule has 0 radical (unpaired) electrons. The highest BCUT2D eigenvalue weighted by molar-refractivity contribution is 9.10. The quantitative estimate of drug-likeness (QED) is 0.255. The lowest BCUT2D eigenvalue weighted by molar-refractivity contribution is -0.143. The van der Waals surface area contributed by atoms with Gasteiger partial charge in [0.2, 0.25) is 5.91 Å². The number of carbonyl (C=O) groups excluding carboxylic acids is 2. The number of benzene rings is 3. The van der Waals surface area contributed by atoms with E-state index in [0.717, 1.165) is 37.6 Å². The fraction of sp³-hybridized carbons (Fsp3) is 0.333. The highest BCUT2D eigenvalue weighted by Gasteiger charge is 2.31. The van der Waals surface area contributed by atoms with Crippen molar-refractivity contribution in [3.8, 4) is 5.75 Å². The van der Waals surface area contributed by atoms with Gasteiger partial charge in [-0.1, -0.05) is 81.2 Å². The van der Waals surface area contributed by atoms with Crippen molar-refractivity contribution < 1.29 is 14.3 Å². The van der Waals surface area contributed by atoms with Gasteiger partial charge in [-0.25, -0.2) is 0 Å². The third-order valence-electron chi connectivity index (χ3n) is 6.31. The maximum absolute atomic E-state index is 13.7. The molecule has 0 saturated carbocycles. The van der Waals surface area contributed by atoms with Gasteiger partial charge < -0.3 is 15.0 Å². The fourth-order valence-corrected chi connectivity index (χ4v) is 4.49. The number of ether oxygens (including phenoxy) is 1. The Labute approximate surface area is 236 Å². The minimum absolute atomic E-state index is 0.000344. The topological polar surface area (TPSA) is 58.6 Å². The van der Waals surface area contributed by atoms with Gasteiger partial charge in [0.15, 0.2) is 6.61 Å². The Bertz CT molecular complexity index is 1180. The molecule has 0 unspecified atom stereocenters. The van der Waals surface area contributed by atoms with Crippen LogP contribution < -0.4 is 10.1 Å². The molecule has 3 aromatic carbocycles. The lowest BCUT2D eigenvalue weighted by Crippen LogP contribution is -2.53. The Morgan fingerprint density at radius 1 is 0.946 bits per heavy atom. The SMILES string of the molecule is CC[C@H](C)NC(=O)[C@H](Cc1ccccc1)N(Cc1ccc(Br)cc1)C(=O)COc1cc(C)c(Br)c(C)c1. The molecule has 37 heavy (non-hydrogen) atoms. The van der Waals surface area contributed by atoms with Crippen LogP contribution in [0.5, 0.6) is 5.75 Å². The zero-order valence-electron chi connectivity index (χ0n) is 21.8. The molecule has 3 rings (SSSR count). The summed E-state index contributed by atoms with van der Waals surface area (Å²) in [7, 11) is 0. The molecule has 196 valence electrons. The smallest absolute Gasteiger partial charge is 0.261 e. The highest BCUT2D eigenvalue weighted by atomic mass is 79.9. The first-order valence-corrected chi connectivity index (χ1v) is 14.0. The molecule has 0 bridgehead atoms. The van der Waals surface area contributed by atoms with Gasteiger partial charge in [0.05, 0.1) is 0 Å². The first kappa shape index (κ1) is 28.9. The Morgan fingerprint density at radius 3 is 2.16 bits per heavy atom. The Morgan fingerprint density at radius 2 is 1.57 bits per heavy atom. The number of carbonyl (C=O) groups is 2. The molecule has 2 atom stereocenters. The summed E-state index contributed by atoms with van der Waals surface area (Å²) >= 11 is 7.04. The van der Waals surface area contributed by atoms with Crippen molar-refractivity contribution in [1.82, 2.24) is 10.2 Å². The van der Waals surface area contributed by atoms with E-state index in [1.807, 2.05) is 94.4 Å². The molecule has 0 aliphatic rings. The van der Waals surface area contributed by atoms with Crippen molar-refractivity contribution in [2.24, 2.45) is 0 Å². The van der Waals surface area contributed by atoms with Crippen molar-refractivity contribution in [2.45, 2.75) is 59.2 Å². The van der Waals surface area contributed by atoms with Crippen molar-refractivity contribution >= 4 is 43.7 Å². The molecule has 3 aromatic rings. The number of amides is 2. The summed E-state index contributed by atoms with van der Waals surface area (Å²) in [5.74, 6) is 0.208. The minimum atomic E-state index is -0.690. The fourth-order valence-electron chi connectivity index (χ4n) is 4.00. The van der Waals surface area contributed by atoms with Crippen molar-refractivity contribution in [2.75, 3.05) is 6.61 Å². The number of hydrogen-bond donors (Lipinski definition) is 1. The van der Waals surface area contributed by atoms with Crippen LogP contribution in [0.3, 0.4) is 0 Å². The molecule has 0 heterocycles. The third kappa shape index (κ3) is 8.44. The summed E-state index contributed by atoms with van der Waals surface area (Å²) in [5.41, 5.74) is 3.98. The van der Waals surface area contributed by atoms with E-state index in [1.54, 1.807) is 4.90 Å². The standard InChI is InChI=1S/C30H34Br2N2O3/c1-5-22(4)33-30(36)27(17-23-9-7-6-8-10-23)34(18-24-11-13-25(31)14-12-24)28(35)19-37-26-15-20(2)29(32)21(3)16-26/h6-16,22,27H,5,17-19H2,1-4H3,(H,33,36)/t22-,27-/m0/s1. The van der Waals surface area contributed by atoms with E-state index in [-0.39, 0.29) is 24.5 Å². The van der Waals surface area contributed by atoms with E-state index in [9.17, 15) is 9.59 Å². The Hall–Kier alpha value is -2.64. The Kier molecular flexibility index (Phi) is 10.8. The van der Waals surface area contributed by atoms with E-state index in [1.165, 1.54) is 0 Å². The summed E-state index contributed by atoms with van der Waals surface area (Å²) in [5, 5.41) is 3.09. The number of rotatable bonds is 11. The number of nitrogens with one attached hydrogen (secondary N) is 1. The molecule has 0 fully saturated rings. The number of halogens is 2. The monoisotopic (exact) mass is 628 g/mol. The van der Waals surface area contributed by atoms with E-state index in [4.69, 9.17) is 4.74 Å². The molecule has 7 heteroatoms. The van der Waals surface area contributed by atoms with Crippen LogP contribution >= 0.6 is 31.9 Å². The molecule has 5 nitrogen and oxygen atoms in total. The second kappa shape index (κ2) is 13.8. The van der Waals surface area contributed by atoms with Crippen LogP contribution in [-0.2, 0) is 22.6 Å². The number of hydrogen-bond acceptors (Lipinski definition) is 3. The van der Waals surface area contributed by atoms with Gasteiger partial charge in [-0.15, -0.1) is 0 Å². The second-order valence-electron chi connectivity index (χ2n) is 9.33. The van der Waals surface area contributed by atoms with E-state index in [2.05, 4.69) is 37.2 Å². The largest absolute Gasteiger partial charge is 0.484 e. The summed E-state index contributed by atoms with van der Waals surface area (Å²) < 4.78 is 7.93. The van der Waals surface area contributed by atoms with E-state index in [0.29, 0.717) is 18.7 Å². The lowest BCUT2D eigenvalue weighted by Gasteiger charge is -2.32. The average molecular weight is 630 g/mol. The van der Waals surface area contributed by atoms with Gasteiger partial charge in [-0.2, -0.15) is 0 Å². The first-order valence-electron chi connectivity index (χ1n) is 12.5. The molecule has 2 amide bonds. The van der Waals surface area contributed by atoms with Gasteiger partial charge in [-0.3, -0.25) is 9.59 Å². The summed E-state index contributed by atoms with van der Waals surface area (Å²) in [6.45, 7) is 8.09. The maximum atomic E-state index is 13.7. The summed E-state index contributed by atoms with van der Waals surface area (Å²) in [4.78, 5) is 28.9. The van der Waals surface area contributed by atoms with Gasteiger partial charge in [0.1, 0.15) is 11.8 Å². The second-order valence-corrected chi connectivity index (χ2v) is 11.0.